The molecule has 2 unspecified atom stereocenters. The predicted molar refractivity (Wildman–Crippen MR) is 99.7 cm³/mol. The molecule has 1 fully saturated rings. The smallest absolute Gasteiger partial charge is 0.330 e. The number of carboxylic acids is 1. The van der Waals surface area contributed by atoms with E-state index >= 15 is 0 Å². The summed E-state index contributed by atoms with van der Waals surface area (Å²) in [6.45, 7) is 2.74. The summed E-state index contributed by atoms with van der Waals surface area (Å²) in [5.74, 6) is -2.18. The van der Waals surface area contributed by atoms with E-state index < -0.39 is 23.8 Å². The largest absolute Gasteiger partial charge is 0.479 e. The van der Waals surface area contributed by atoms with Crippen LogP contribution in [0.3, 0.4) is 0 Å². The molecule has 2 N–H and O–H groups in total. The number of rotatable bonds is 6. The number of aryl methyl sites for hydroxylation is 1. The number of nitrogens with zero attached hydrogens (tertiary/aromatic N) is 1. The highest BCUT2D eigenvalue weighted by Crippen LogP contribution is 2.22. The Labute approximate surface area is 157 Å². The Hall–Kier alpha value is -3.15. The Kier molecular flexibility index (Phi) is 5.54. The minimum Gasteiger partial charge on any atom is -0.479 e. The molecule has 2 aromatic carbocycles. The average molecular weight is 366 g/mol. The van der Waals surface area contributed by atoms with Gasteiger partial charge in [0.2, 0.25) is 11.8 Å². The third kappa shape index (κ3) is 4.53. The van der Waals surface area contributed by atoms with Crippen LogP contribution in [-0.4, -0.2) is 34.3 Å². The van der Waals surface area contributed by atoms with E-state index in [-0.39, 0.29) is 12.3 Å². The van der Waals surface area contributed by atoms with Crippen molar-refractivity contribution in [2.75, 3.05) is 6.54 Å². The Bertz CT molecular complexity index is 833. The summed E-state index contributed by atoms with van der Waals surface area (Å²) in [4.78, 5) is 38.0. The normalized spacial score (nSPS) is 17.6. The third-order valence-electron chi connectivity index (χ3n) is 4.75. The lowest BCUT2D eigenvalue weighted by Crippen LogP contribution is -2.38. The van der Waals surface area contributed by atoms with Crippen LogP contribution in [0.15, 0.2) is 54.6 Å². The van der Waals surface area contributed by atoms with Gasteiger partial charge in [-0.2, -0.15) is 0 Å². The summed E-state index contributed by atoms with van der Waals surface area (Å²) < 4.78 is 0. The monoisotopic (exact) mass is 366 g/mol. The Morgan fingerprint density at radius 2 is 1.81 bits per heavy atom. The van der Waals surface area contributed by atoms with E-state index in [1.54, 1.807) is 35.2 Å². The van der Waals surface area contributed by atoms with Gasteiger partial charge in [0.1, 0.15) is 0 Å². The number of benzene rings is 2. The molecule has 2 aromatic rings. The number of hydrogen-bond donors (Lipinski definition) is 2. The van der Waals surface area contributed by atoms with Crippen molar-refractivity contribution in [3.8, 4) is 0 Å². The molecule has 0 spiro atoms. The molecule has 0 bridgehead atoms. The first kappa shape index (κ1) is 18.6. The zero-order valence-electron chi connectivity index (χ0n) is 15.1. The molecule has 140 valence electrons. The number of carbonyl (C=O) groups is 3. The minimum atomic E-state index is -1.13. The lowest BCUT2D eigenvalue weighted by molar-refractivity contribution is -0.142. The fourth-order valence-electron chi connectivity index (χ4n) is 3.21. The maximum absolute atomic E-state index is 12.6. The van der Waals surface area contributed by atoms with Crippen LogP contribution >= 0.6 is 0 Å². The van der Waals surface area contributed by atoms with Crippen molar-refractivity contribution < 1.29 is 19.5 Å². The zero-order valence-corrected chi connectivity index (χ0v) is 15.1. The van der Waals surface area contributed by atoms with Crippen LogP contribution < -0.4 is 5.32 Å². The van der Waals surface area contributed by atoms with Crippen molar-refractivity contribution >= 4 is 17.8 Å². The fraction of sp³-hybridized carbons (Fsp3) is 0.286. The molecule has 0 aromatic heterocycles. The summed E-state index contributed by atoms with van der Waals surface area (Å²) in [5, 5.41) is 12.0. The molecule has 1 heterocycles. The molecule has 6 nitrogen and oxygen atoms in total. The lowest BCUT2D eigenvalue weighted by atomic mass is 10.0. The van der Waals surface area contributed by atoms with Gasteiger partial charge >= 0.3 is 5.97 Å². The first-order valence-electron chi connectivity index (χ1n) is 8.85. The summed E-state index contributed by atoms with van der Waals surface area (Å²) in [6.07, 6.45) is 0.0961. The third-order valence-corrected chi connectivity index (χ3v) is 4.75. The van der Waals surface area contributed by atoms with Gasteiger partial charge in [0.15, 0.2) is 6.04 Å². The maximum Gasteiger partial charge on any atom is 0.330 e. The summed E-state index contributed by atoms with van der Waals surface area (Å²) in [5.41, 5.74) is 2.64. The molecule has 6 heteroatoms. The molecule has 3 rings (SSSR count). The van der Waals surface area contributed by atoms with Crippen molar-refractivity contribution in [3.63, 3.8) is 0 Å². The zero-order chi connectivity index (χ0) is 19.4. The van der Waals surface area contributed by atoms with Crippen LogP contribution in [0.2, 0.25) is 0 Å². The van der Waals surface area contributed by atoms with Crippen molar-refractivity contribution in [2.45, 2.75) is 25.9 Å². The van der Waals surface area contributed by atoms with E-state index in [9.17, 15) is 19.5 Å². The van der Waals surface area contributed by atoms with Gasteiger partial charge in [0.05, 0.1) is 5.92 Å². The van der Waals surface area contributed by atoms with E-state index in [1.807, 2.05) is 31.2 Å². The van der Waals surface area contributed by atoms with Gasteiger partial charge in [0.25, 0.3) is 0 Å². The number of nitrogens with one attached hydrogen (secondary N) is 1. The topological polar surface area (TPSA) is 86.7 Å². The van der Waals surface area contributed by atoms with Crippen LogP contribution in [0.5, 0.6) is 0 Å². The predicted octanol–water partition coefficient (Wildman–Crippen LogP) is 2.29. The highest BCUT2D eigenvalue weighted by atomic mass is 16.4. The Morgan fingerprint density at radius 3 is 2.44 bits per heavy atom. The van der Waals surface area contributed by atoms with E-state index in [0.717, 1.165) is 11.1 Å². The molecule has 0 radical (unpaired) electrons. The van der Waals surface area contributed by atoms with E-state index in [1.165, 1.54) is 0 Å². The van der Waals surface area contributed by atoms with E-state index in [0.29, 0.717) is 18.7 Å². The molecule has 1 aliphatic heterocycles. The highest BCUT2D eigenvalue weighted by Gasteiger charge is 2.36. The molecule has 1 saturated heterocycles. The van der Waals surface area contributed by atoms with Gasteiger partial charge in [-0.25, -0.2) is 4.79 Å². The second-order valence-electron chi connectivity index (χ2n) is 6.85. The average Bonchev–Trinajstić information content (AvgIpc) is 3.02. The van der Waals surface area contributed by atoms with Crippen LogP contribution in [-0.2, 0) is 20.9 Å². The van der Waals surface area contributed by atoms with Crippen LogP contribution in [0.1, 0.15) is 29.2 Å². The van der Waals surface area contributed by atoms with Gasteiger partial charge in [-0.1, -0.05) is 60.2 Å². The molecule has 0 aliphatic carbocycles. The second kappa shape index (κ2) is 8.03. The molecule has 2 amide bonds. The highest BCUT2D eigenvalue weighted by molar-refractivity contribution is 5.91. The SMILES string of the molecule is Cc1ccc(CN2CC(C(=O)NC(C(=O)O)c3ccccc3)CC2=O)cc1. The minimum absolute atomic E-state index is 0.0951. The van der Waals surface area contributed by atoms with E-state index in [4.69, 9.17) is 0 Å². The van der Waals surface area contributed by atoms with Gasteiger partial charge in [0, 0.05) is 19.5 Å². The van der Waals surface area contributed by atoms with Crippen LogP contribution in [0.4, 0.5) is 0 Å². The lowest BCUT2D eigenvalue weighted by Gasteiger charge is -2.19. The second-order valence-corrected chi connectivity index (χ2v) is 6.85. The van der Waals surface area contributed by atoms with Crippen molar-refractivity contribution in [1.29, 1.82) is 0 Å². The van der Waals surface area contributed by atoms with Gasteiger partial charge < -0.3 is 15.3 Å². The number of carbonyl (C=O) groups excluding carboxylic acids is 2. The molecular weight excluding hydrogens is 344 g/mol. The first-order valence-corrected chi connectivity index (χ1v) is 8.85. The maximum atomic E-state index is 12.6. The van der Waals surface area contributed by atoms with Gasteiger partial charge in [-0.05, 0) is 18.1 Å². The first-order chi connectivity index (χ1) is 12.9. The van der Waals surface area contributed by atoms with Gasteiger partial charge in [-0.3, -0.25) is 9.59 Å². The molecule has 2 atom stereocenters. The standard InChI is InChI=1S/C21H22N2O4/c1-14-7-9-15(10-8-14)12-23-13-17(11-18(23)24)20(25)22-19(21(26)27)16-5-3-2-4-6-16/h2-10,17,19H,11-13H2,1H3,(H,22,25)(H,26,27). The summed E-state index contributed by atoms with van der Waals surface area (Å²) in [7, 11) is 0. The Morgan fingerprint density at radius 1 is 1.15 bits per heavy atom. The number of hydrogen-bond acceptors (Lipinski definition) is 3. The number of carboxylic acid groups (broad SMARTS) is 1. The van der Waals surface area contributed by atoms with Gasteiger partial charge in [-0.15, -0.1) is 0 Å². The summed E-state index contributed by atoms with van der Waals surface area (Å²) in [6, 6.07) is 15.3. The Balaban J connectivity index is 1.64. The van der Waals surface area contributed by atoms with Crippen molar-refractivity contribution in [1.82, 2.24) is 10.2 Å². The van der Waals surface area contributed by atoms with E-state index in [2.05, 4.69) is 5.32 Å². The number of likely N-dealkylation sites (tertiary alicyclic amines) is 1. The molecular formula is C21H22N2O4. The quantitative estimate of drug-likeness (QED) is 0.821. The molecule has 0 saturated carbocycles. The fourth-order valence-corrected chi connectivity index (χ4v) is 3.21. The molecule has 1 aliphatic rings. The number of amides is 2. The van der Waals surface area contributed by atoms with Crippen LogP contribution in [0, 0.1) is 12.8 Å². The van der Waals surface area contributed by atoms with Crippen molar-refractivity contribution in [2.24, 2.45) is 5.92 Å². The molecule has 27 heavy (non-hydrogen) atoms. The number of aliphatic carboxylic acids is 1. The van der Waals surface area contributed by atoms with Crippen LogP contribution in [0.25, 0.3) is 0 Å². The summed E-state index contributed by atoms with van der Waals surface area (Å²) >= 11 is 0. The van der Waals surface area contributed by atoms with Crippen molar-refractivity contribution in [3.05, 3.63) is 71.3 Å².